The molecule has 0 aliphatic rings. The first-order valence-electron chi connectivity index (χ1n) is 6.38. The molecule has 0 atom stereocenters. The number of carbonyl (C=O) groups is 1. The molecule has 0 fully saturated rings. The minimum atomic E-state index is -0.847. The Hall–Kier alpha value is -0.850. The van der Waals surface area contributed by atoms with E-state index in [4.69, 9.17) is 16.7 Å². The van der Waals surface area contributed by atoms with E-state index < -0.39 is 5.97 Å². The van der Waals surface area contributed by atoms with Crippen molar-refractivity contribution >= 4 is 52.1 Å². The Morgan fingerprint density at radius 1 is 1.48 bits per heavy atom. The summed E-state index contributed by atoms with van der Waals surface area (Å²) in [6.45, 7) is 5.05. The zero-order valence-electron chi connectivity index (χ0n) is 12.1. The van der Waals surface area contributed by atoms with Gasteiger partial charge in [-0.3, -0.25) is 4.79 Å². The smallest absolute Gasteiger partial charge is 0.313 e. The van der Waals surface area contributed by atoms with Gasteiger partial charge < -0.3 is 9.67 Å². The molecule has 21 heavy (non-hydrogen) atoms. The van der Waals surface area contributed by atoms with Gasteiger partial charge in [-0.2, -0.15) is 11.8 Å². The highest BCUT2D eigenvalue weighted by Gasteiger charge is 2.21. The summed E-state index contributed by atoms with van der Waals surface area (Å²) < 4.78 is 2.08. The molecule has 1 N–H and O–H groups in total. The van der Waals surface area contributed by atoms with Crippen LogP contribution in [-0.4, -0.2) is 37.4 Å². The third kappa shape index (κ3) is 4.08. The van der Waals surface area contributed by atoms with Crippen molar-refractivity contribution in [1.29, 1.82) is 0 Å². The minimum Gasteiger partial charge on any atom is -0.481 e. The summed E-state index contributed by atoms with van der Waals surface area (Å²) in [5, 5.41) is 10.3. The fourth-order valence-corrected chi connectivity index (χ4v) is 3.07. The van der Waals surface area contributed by atoms with Gasteiger partial charge in [-0.15, -0.1) is 0 Å². The summed E-state index contributed by atoms with van der Waals surface area (Å²) in [5.74, 6) is -0.850. The van der Waals surface area contributed by atoms with Gasteiger partial charge in [0, 0.05) is 16.3 Å². The highest BCUT2D eigenvalue weighted by atomic mass is 35.5. The van der Waals surface area contributed by atoms with Crippen molar-refractivity contribution < 1.29 is 9.90 Å². The predicted molar refractivity (Wildman–Crippen MR) is 90.7 cm³/mol. The number of hydrogen-bond acceptors (Lipinski definition) is 4. The molecule has 114 valence electrons. The van der Waals surface area contributed by atoms with E-state index in [2.05, 4.69) is 29.7 Å². The fourth-order valence-electron chi connectivity index (χ4n) is 1.91. The molecule has 0 aliphatic heterocycles. The minimum absolute atomic E-state index is 0.00322. The van der Waals surface area contributed by atoms with Crippen LogP contribution >= 0.6 is 35.1 Å². The topological polar surface area (TPSA) is 55.1 Å². The molecule has 4 nitrogen and oxygen atoms in total. The van der Waals surface area contributed by atoms with Crippen LogP contribution in [0.3, 0.4) is 0 Å². The average Bonchev–Trinajstić information content (AvgIpc) is 2.74. The quantitative estimate of drug-likeness (QED) is 0.802. The molecule has 0 unspecified atom stereocenters. The number of thioether (sulfide) groups is 2. The number of benzene rings is 1. The number of carboxylic acids is 1. The van der Waals surface area contributed by atoms with Gasteiger partial charge in [0.25, 0.3) is 0 Å². The number of fused-ring (bicyclic) bond motifs is 1. The lowest BCUT2D eigenvalue weighted by Gasteiger charge is -2.24. The first-order valence-corrected chi connectivity index (χ1v) is 8.97. The maximum Gasteiger partial charge on any atom is 0.313 e. The van der Waals surface area contributed by atoms with Crippen LogP contribution < -0.4 is 0 Å². The van der Waals surface area contributed by atoms with Crippen molar-refractivity contribution in [3.05, 3.63) is 23.2 Å². The monoisotopic (exact) mass is 344 g/mol. The van der Waals surface area contributed by atoms with Crippen LogP contribution in [0.15, 0.2) is 23.4 Å². The molecule has 1 aromatic carbocycles. The SMILES string of the molecule is CSC(C)(C)Cn1c(SCC(=O)O)nc2ccc(Cl)cc21. The summed E-state index contributed by atoms with van der Waals surface area (Å²) in [6.07, 6.45) is 2.07. The van der Waals surface area contributed by atoms with Crippen LogP contribution in [-0.2, 0) is 11.3 Å². The average molecular weight is 345 g/mol. The van der Waals surface area contributed by atoms with Crippen molar-refractivity contribution in [2.24, 2.45) is 0 Å². The highest BCUT2D eigenvalue weighted by Crippen LogP contribution is 2.31. The molecule has 1 aromatic heterocycles. The van der Waals surface area contributed by atoms with E-state index in [1.807, 2.05) is 12.1 Å². The van der Waals surface area contributed by atoms with Crippen LogP contribution in [0.2, 0.25) is 5.02 Å². The molecule has 7 heteroatoms. The first-order chi connectivity index (χ1) is 9.82. The zero-order valence-corrected chi connectivity index (χ0v) is 14.5. The molecule has 1 heterocycles. The molecule has 0 saturated heterocycles. The van der Waals surface area contributed by atoms with Crippen molar-refractivity contribution in [2.45, 2.75) is 30.3 Å². The molecule has 0 bridgehead atoms. The van der Waals surface area contributed by atoms with Crippen LogP contribution in [0.25, 0.3) is 11.0 Å². The van der Waals surface area contributed by atoms with Gasteiger partial charge >= 0.3 is 5.97 Å². The lowest BCUT2D eigenvalue weighted by Crippen LogP contribution is -2.23. The largest absolute Gasteiger partial charge is 0.481 e. The number of carboxylic acid groups (broad SMARTS) is 1. The van der Waals surface area contributed by atoms with E-state index in [1.165, 1.54) is 11.8 Å². The van der Waals surface area contributed by atoms with Crippen molar-refractivity contribution in [1.82, 2.24) is 9.55 Å². The lowest BCUT2D eigenvalue weighted by molar-refractivity contribution is -0.133. The van der Waals surface area contributed by atoms with Gasteiger partial charge in [0.05, 0.1) is 16.8 Å². The second-order valence-corrected chi connectivity index (χ2v) is 8.15. The molecule has 0 amide bonds. The number of imidazole rings is 1. The summed E-state index contributed by atoms with van der Waals surface area (Å²) in [4.78, 5) is 15.4. The number of halogens is 1. The third-order valence-electron chi connectivity index (χ3n) is 3.09. The lowest BCUT2D eigenvalue weighted by atomic mass is 10.2. The van der Waals surface area contributed by atoms with Crippen LogP contribution in [0.1, 0.15) is 13.8 Å². The number of hydrogen-bond donors (Lipinski definition) is 1. The molecular weight excluding hydrogens is 328 g/mol. The van der Waals surface area contributed by atoms with Gasteiger partial charge in [0.15, 0.2) is 5.16 Å². The molecule has 0 spiro atoms. The van der Waals surface area contributed by atoms with Crippen LogP contribution in [0, 0.1) is 0 Å². The summed E-state index contributed by atoms with van der Waals surface area (Å²) in [7, 11) is 0. The Morgan fingerprint density at radius 2 is 2.19 bits per heavy atom. The zero-order chi connectivity index (χ0) is 15.6. The second-order valence-electron chi connectivity index (χ2n) is 5.26. The van der Waals surface area contributed by atoms with Gasteiger partial charge in [-0.1, -0.05) is 23.4 Å². The Balaban J connectivity index is 2.47. The van der Waals surface area contributed by atoms with Gasteiger partial charge in [-0.25, -0.2) is 4.98 Å². The van der Waals surface area contributed by atoms with Crippen LogP contribution in [0.5, 0.6) is 0 Å². The number of rotatable bonds is 6. The van der Waals surface area contributed by atoms with Gasteiger partial charge in [0.2, 0.25) is 0 Å². The Kier molecular flexibility index (Phi) is 5.11. The summed E-state index contributed by atoms with van der Waals surface area (Å²) in [5.41, 5.74) is 1.78. The summed E-state index contributed by atoms with van der Waals surface area (Å²) in [6, 6.07) is 5.54. The van der Waals surface area contributed by atoms with E-state index in [1.54, 1.807) is 17.8 Å². The fraction of sp³-hybridized carbons (Fsp3) is 0.429. The molecule has 2 rings (SSSR count). The normalized spacial score (nSPS) is 12.0. The van der Waals surface area contributed by atoms with Crippen molar-refractivity contribution in [2.75, 3.05) is 12.0 Å². The molecular formula is C14H17ClN2O2S2. The Bertz CT molecular complexity index is 670. The molecule has 0 radical (unpaired) electrons. The van der Waals surface area contributed by atoms with E-state index in [-0.39, 0.29) is 10.5 Å². The number of aromatic nitrogens is 2. The third-order valence-corrected chi connectivity index (χ3v) is 5.52. The molecule has 0 saturated carbocycles. The van der Waals surface area contributed by atoms with Gasteiger partial charge in [-0.05, 0) is 38.3 Å². The Labute approximate surface area is 137 Å². The number of nitrogens with zero attached hydrogens (tertiary/aromatic N) is 2. The first kappa shape index (κ1) is 16.5. The highest BCUT2D eigenvalue weighted by molar-refractivity contribution is 8.00. The van der Waals surface area contributed by atoms with Crippen molar-refractivity contribution in [3.63, 3.8) is 0 Å². The van der Waals surface area contributed by atoms with Crippen molar-refractivity contribution in [3.8, 4) is 0 Å². The van der Waals surface area contributed by atoms with Crippen LogP contribution in [0.4, 0.5) is 0 Å². The van der Waals surface area contributed by atoms with E-state index in [0.717, 1.165) is 22.7 Å². The van der Waals surface area contributed by atoms with E-state index >= 15 is 0 Å². The predicted octanol–water partition coefficient (Wildman–Crippen LogP) is 4.01. The number of aliphatic carboxylic acids is 1. The maximum atomic E-state index is 10.8. The maximum absolute atomic E-state index is 10.8. The summed E-state index contributed by atoms with van der Waals surface area (Å²) >= 11 is 9.09. The van der Waals surface area contributed by atoms with E-state index in [9.17, 15) is 4.79 Å². The molecule has 0 aliphatic carbocycles. The molecule has 2 aromatic rings. The van der Waals surface area contributed by atoms with E-state index in [0.29, 0.717) is 5.02 Å². The second kappa shape index (κ2) is 6.50. The Morgan fingerprint density at radius 3 is 2.81 bits per heavy atom. The standard InChI is InChI=1S/C14H17ClN2O2S2/c1-14(2,20-3)8-17-11-6-9(15)4-5-10(11)16-13(17)21-7-12(18)19/h4-6H,7-8H2,1-3H3,(H,18,19). The van der Waals surface area contributed by atoms with Gasteiger partial charge in [0.1, 0.15) is 0 Å².